The van der Waals surface area contributed by atoms with Crippen LogP contribution in [0.15, 0.2) is 28.2 Å². The molecule has 0 bridgehead atoms. The Bertz CT molecular complexity index is 768. The highest BCUT2D eigenvalue weighted by atomic mass is 35.5. The molecule has 3 rings (SSSR count). The second-order valence-corrected chi connectivity index (χ2v) is 6.37. The van der Waals surface area contributed by atoms with Gasteiger partial charge >= 0.3 is 6.18 Å². The minimum Gasteiger partial charge on any atom is -0.356 e. The summed E-state index contributed by atoms with van der Waals surface area (Å²) in [6.45, 7) is -0.0432. The number of benzene rings is 1. The van der Waals surface area contributed by atoms with E-state index in [-0.39, 0.29) is 34.8 Å². The van der Waals surface area contributed by atoms with Crippen LogP contribution >= 0.6 is 11.6 Å². The first kappa shape index (κ1) is 17.7. The molecule has 1 aliphatic heterocycles. The van der Waals surface area contributed by atoms with Crippen LogP contribution in [0.5, 0.6) is 0 Å². The zero-order chi connectivity index (χ0) is 18.1. The molecule has 1 fully saturated rings. The van der Waals surface area contributed by atoms with Gasteiger partial charge in [0.25, 0.3) is 0 Å². The second kappa shape index (κ2) is 6.65. The summed E-state index contributed by atoms with van der Waals surface area (Å²) >= 11 is 5.92. The predicted octanol–water partition coefficient (Wildman–Crippen LogP) is 4.06. The van der Waals surface area contributed by atoms with Crippen molar-refractivity contribution in [3.8, 4) is 6.19 Å². The smallest absolute Gasteiger partial charge is 0.356 e. The van der Waals surface area contributed by atoms with E-state index >= 15 is 0 Å². The number of nitrogens with one attached hydrogen (secondary N) is 1. The molecule has 1 atom stereocenters. The molecule has 132 valence electrons. The molecule has 1 heterocycles. The number of aliphatic imine (C=N–C) groups is 2. The third kappa shape index (κ3) is 3.34. The number of rotatable bonds is 3. The minimum absolute atomic E-state index is 0.00872. The Morgan fingerprint density at radius 2 is 2.16 bits per heavy atom. The molecule has 1 aliphatic carbocycles. The van der Waals surface area contributed by atoms with Gasteiger partial charge in [-0.3, -0.25) is 5.32 Å². The van der Waals surface area contributed by atoms with Crippen LogP contribution in [-0.2, 0) is 10.3 Å². The van der Waals surface area contributed by atoms with Crippen LogP contribution in [0.4, 0.5) is 18.9 Å². The van der Waals surface area contributed by atoms with Crippen LogP contribution in [-0.4, -0.2) is 25.0 Å². The van der Waals surface area contributed by atoms with Gasteiger partial charge in [-0.2, -0.15) is 18.4 Å². The molecule has 0 amide bonds. The zero-order valence-electron chi connectivity index (χ0n) is 13.0. The third-order valence-corrected chi connectivity index (χ3v) is 4.55. The molecule has 1 saturated carbocycles. The van der Waals surface area contributed by atoms with Crippen LogP contribution in [0.25, 0.3) is 0 Å². The molecule has 1 N–H and O–H groups in total. The van der Waals surface area contributed by atoms with E-state index in [9.17, 15) is 13.2 Å². The van der Waals surface area contributed by atoms with Gasteiger partial charge in [0.15, 0.2) is 6.19 Å². The van der Waals surface area contributed by atoms with Crippen molar-refractivity contribution < 1.29 is 17.9 Å². The number of hydrogen-bond donors (Lipinski definition) is 1. The lowest BCUT2D eigenvalue weighted by molar-refractivity contribution is -0.256. The van der Waals surface area contributed by atoms with Gasteiger partial charge < -0.3 is 4.74 Å². The summed E-state index contributed by atoms with van der Waals surface area (Å²) in [6, 6.07) is 3.95. The summed E-state index contributed by atoms with van der Waals surface area (Å²) < 4.78 is 47.6. The number of alkyl halides is 3. The van der Waals surface area contributed by atoms with Gasteiger partial charge in [0.2, 0.25) is 11.6 Å². The molecule has 1 unspecified atom stereocenters. The van der Waals surface area contributed by atoms with Crippen molar-refractivity contribution in [3.63, 3.8) is 0 Å². The molecule has 2 aliphatic rings. The Balaban J connectivity index is 2.11. The van der Waals surface area contributed by atoms with Crippen molar-refractivity contribution >= 4 is 29.5 Å². The van der Waals surface area contributed by atoms with Gasteiger partial charge in [-0.25, -0.2) is 9.98 Å². The van der Waals surface area contributed by atoms with Gasteiger partial charge in [-0.05, 0) is 37.0 Å². The van der Waals surface area contributed by atoms with Crippen molar-refractivity contribution in [2.75, 3.05) is 6.61 Å². The average molecular weight is 371 g/mol. The fraction of sp³-hybridized carbons (Fsp3) is 0.438. The fourth-order valence-corrected chi connectivity index (χ4v) is 2.88. The van der Waals surface area contributed by atoms with E-state index in [0.29, 0.717) is 6.21 Å². The first-order chi connectivity index (χ1) is 11.9. The maximum Gasteiger partial charge on any atom is 0.427 e. The van der Waals surface area contributed by atoms with E-state index in [2.05, 4.69) is 15.3 Å². The molecule has 5 nitrogen and oxygen atoms in total. The summed E-state index contributed by atoms with van der Waals surface area (Å²) in [7, 11) is 0. The number of hydrogen-bond acceptors (Lipinski definition) is 5. The predicted molar refractivity (Wildman–Crippen MR) is 86.8 cm³/mol. The van der Waals surface area contributed by atoms with Crippen molar-refractivity contribution in [2.45, 2.75) is 31.0 Å². The summed E-state index contributed by atoms with van der Waals surface area (Å²) in [5.74, 6) is -0.152. The first-order valence-electron chi connectivity index (χ1n) is 7.65. The number of nitriles is 1. The van der Waals surface area contributed by atoms with Crippen molar-refractivity contribution in [3.05, 3.63) is 28.8 Å². The quantitative estimate of drug-likeness (QED) is 0.644. The average Bonchev–Trinajstić information content (AvgIpc) is 2.64. The molecule has 25 heavy (non-hydrogen) atoms. The Morgan fingerprint density at radius 1 is 1.40 bits per heavy atom. The maximum atomic E-state index is 14.1. The van der Waals surface area contributed by atoms with E-state index < -0.39 is 11.8 Å². The Hall–Kier alpha value is -2.11. The lowest BCUT2D eigenvalue weighted by Gasteiger charge is -2.36. The monoisotopic (exact) mass is 370 g/mol. The number of nitrogens with zero attached hydrogens (tertiary/aromatic N) is 3. The van der Waals surface area contributed by atoms with Crippen LogP contribution < -0.4 is 5.32 Å². The SMILES string of the molecule is N#CNC1=Nc2ccc(Cl)cc2C(OCC2CCC2)(C(F)(F)F)C=N1. The normalized spacial score (nSPS) is 23.1. The maximum absolute atomic E-state index is 14.1. The lowest BCUT2D eigenvalue weighted by atomic mass is 9.85. The number of halogens is 4. The summed E-state index contributed by atoms with van der Waals surface area (Å²) in [5, 5.41) is 11.0. The summed E-state index contributed by atoms with van der Waals surface area (Å²) in [4.78, 5) is 7.69. The second-order valence-electron chi connectivity index (χ2n) is 5.93. The van der Waals surface area contributed by atoms with Crippen LogP contribution in [0.2, 0.25) is 5.02 Å². The van der Waals surface area contributed by atoms with E-state index in [0.717, 1.165) is 19.3 Å². The first-order valence-corrected chi connectivity index (χ1v) is 8.03. The van der Waals surface area contributed by atoms with Gasteiger partial charge in [0.1, 0.15) is 0 Å². The highest BCUT2D eigenvalue weighted by Crippen LogP contribution is 2.47. The van der Waals surface area contributed by atoms with Crippen molar-refractivity contribution in [2.24, 2.45) is 15.9 Å². The molecular formula is C16H14ClF3N4O. The van der Waals surface area contributed by atoms with Crippen molar-refractivity contribution in [1.82, 2.24) is 5.32 Å². The topological polar surface area (TPSA) is 69.8 Å². The zero-order valence-corrected chi connectivity index (χ0v) is 13.7. The third-order valence-electron chi connectivity index (χ3n) is 4.31. The van der Waals surface area contributed by atoms with Gasteiger partial charge in [-0.15, -0.1) is 0 Å². The van der Waals surface area contributed by atoms with Crippen LogP contribution in [0.1, 0.15) is 24.8 Å². The number of ether oxygens (including phenoxy) is 1. The molecule has 1 aromatic carbocycles. The lowest BCUT2D eigenvalue weighted by Crippen LogP contribution is -2.47. The van der Waals surface area contributed by atoms with E-state index in [1.54, 1.807) is 6.19 Å². The highest BCUT2D eigenvalue weighted by Gasteiger charge is 2.58. The molecule has 0 aromatic heterocycles. The number of guanidine groups is 1. The summed E-state index contributed by atoms with van der Waals surface area (Å²) in [5.41, 5.74) is -3.03. The fourth-order valence-electron chi connectivity index (χ4n) is 2.71. The molecule has 0 radical (unpaired) electrons. The van der Waals surface area contributed by atoms with Crippen LogP contribution in [0, 0.1) is 17.4 Å². The standard InChI is InChI=1S/C16H14ClF3N4O/c17-11-4-5-13-12(6-11)15(16(18,19)20,25-7-10-2-1-3-10)8-22-14(24-13)23-9-21/h4-6,8,10H,1-3,7H2,(H,23,24). The van der Waals surface area contributed by atoms with E-state index in [4.69, 9.17) is 21.6 Å². The Kier molecular flexibility index (Phi) is 4.71. The van der Waals surface area contributed by atoms with Gasteiger partial charge in [0.05, 0.1) is 18.5 Å². The molecular weight excluding hydrogens is 357 g/mol. The van der Waals surface area contributed by atoms with E-state index in [1.807, 2.05) is 0 Å². The van der Waals surface area contributed by atoms with Crippen LogP contribution in [0.3, 0.4) is 0 Å². The molecule has 9 heteroatoms. The van der Waals surface area contributed by atoms with Crippen molar-refractivity contribution in [1.29, 1.82) is 5.26 Å². The van der Waals surface area contributed by atoms with Gasteiger partial charge in [0, 0.05) is 10.6 Å². The minimum atomic E-state index is -4.78. The Morgan fingerprint density at radius 3 is 2.76 bits per heavy atom. The molecule has 0 spiro atoms. The number of fused-ring (bicyclic) bond motifs is 1. The molecule has 1 aromatic rings. The Labute approximate surface area is 147 Å². The van der Waals surface area contributed by atoms with Gasteiger partial charge in [-0.1, -0.05) is 18.0 Å². The highest BCUT2D eigenvalue weighted by molar-refractivity contribution is 6.30. The molecule has 0 saturated heterocycles. The van der Waals surface area contributed by atoms with E-state index in [1.165, 1.54) is 18.2 Å². The summed E-state index contributed by atoms with van der Waals surface area (Å²) in [6.07, 6.45) is 0.135. The largest absolute Gasteiger partial charge is 0.427 e.